The molecule has 1 amide bonds. The molecule has 1 unspecified atom stereocenters. The highest BCUT2D eigenvalue weighted by molar-refractivity contribution is 5.98. The summed E-state index contributed by atoms with van der Waals surface area (Å²) in [6.45, 7) is 6.17. The number of benzene rings is 1. The number of ether oxygens (including phenoxy) is 1. The van der Waals surface area contributed by atoms with Crippen molar-refractivity contribution in [2.24, 2.45) is 0 Å². The molecule has 0 saturated heterocycles. The first kappa shape index (κ1) is 20.9. The summed E-state index contributed by atoms with van der Waals surface area (Å²) in [7, 11) is 0. The van der Waals surface area contributed by atoms with Crippen molar-refractivity contribution >= 4 is 22.8 Å². The van der Waals surface area contributed by atoms with Gasteiger partial charge >= 0.3 is 6.03 Å². The van der Waals surface area contributed by atoms with Gasteiger partial charge in [0.25, 0.3) is 0 Å². The molecular weight excluding hydrogens is 432 g/mol. The molecule has 1 aliphatic heterocycles. The zero-order valence-electron chi connectivity index (χ0n) is 19.2. The van der Waals surface area contributed by atoms with Crippen molar-refractivity contribution in [3.63, 3.8) is 0 Å². The van der Waals surface area contributed by atoms with Crippen LogP contribution in [-0.4, -0.2) is 43.2 Å². The Morgan fingerprint density at radius 1 is 1.24 bits per heavy atom. The number of nitrogens with one attached hydrogen (secondary N) is 1. The molecule has 2 aliphatic rings. The number of hydrogen-bond donors (Lipinski definition) is 1. The van der Waals surface area contributed by atoms with Crippen LogP contribution in [0.4, 0.5) is 10.6 Å². The van der Waals surface area contributed by atoms with Crippen molar-refractivity contribution in [1.29, 1.82) is 0 Å². The van der Waals surface area contributed by atoms with Gasteiger partial charge in [-0.1, -0.05) is 12.1 Å². The summed E-state index contributed by atoms with van der Waals surface area (Å²) >= 11 is 0. The van der Waals surface area contributed by atoms with Crippen LogP contribution in [0.2, 0.25) is 0 Å². The first-order chi connectivity index (χ1) is 16.6. The summed E-state index contributed by atoms with van der Waals surface area (Å²) in [5.74, 6) is 2.97. The van der Waals surface area contributed by atoms with Gasteiger partial charge in [-0.25, -0.2) is 14.8 Å². The molecule has 34 heavy (non-hydrogen) atoms. The number of amides is 1. The fourth-order valence-corrected chi connectivity index (χ4v) is 4.61. The number of carbonyl (C=O) groups is 1. The van der Waals surface area contributed by atoms with Crippen molar-refractivity contribution in [3.8, 4) is 11.6 Å². The Labute approximate surface area is 196 Å². The maximum absolute atomic E-state index is 12.8. The van der Waals surface area contributed by atoms with E-state index in [1.807, 2.05) is 24.3 Å². The minimum absolute atomic E-state index is 0.293. The number of rotatable bonds is 5. The predicted octanol–water partition coefficient (Wildman–Crippen LogP) is 4.94. The molecule has 1 N–H and O–H groups in total. The van der Waals surface area contributed by atoms with Crippen molar-refractivity contribution in [2.45, 2.75) is 51.6 Å². The van der Waals surface area contributed by atoms with E-state index in [2.05, 4.69) is 39.2 Å². The molecule has 1 saturated carbocycles. The lowest BCUT2D eigenvalue weighted by molar-refractivity contribution is 0.189. The van der Waals surface area contributed by atoms with Crippen LogP contribution in [0.3, 0.4) is 0 Å². The van der Waals surface area contributed by atoms with Crippen LogP contribution in [0, 0.1) is 0 Å². The number of carbonyl (C=O) groups excluding carboxylic acids is 1. The van der Waals surface area contributed by atoms with E-state index in [0.29, 0.717) is 29.4 Å². The van der Waals surface area contributed by atoms with Gasteiger partial charge in [0.15, 0.2) is 5.82 Å². The van der Waals surface area contributed by atoms with Gasteiger partial charge in [-0.05, 0) is 57.0 Å². The van der Waals surface area contributed by atoms with Crippen LogP contribution in [0.15, 0.2) is 47.4 Å². The highest BCUT2D eigenvalue weighted by Crippen LogP contribution is 2.40. The lowest BCUT2D eigenvalue weighted by Gasteiger charge is -2.33. The third kappa shape index (κ3) is 3.81. The van der Waals surface area contributed by atoms with Gasteiger partial charge in [0.1, 0.15) is 17.8 Å². The van der Waals surface area contributed by atoms with Crippen molar-refractivity contribution < 1.29 is 14.1 Å². The lowest BCUT2D eigenvalue weighted by Crippen LogP contribution is -2.38. The molecular formula is C25H26N6O3. The predicted molar refractivity (Wildman–Crippen MR) is 126 cm³/mol. The first-order valence-electron chi connectivity index (χ1n) is 11.7. The Kier molecular flexibility index (Phi) is 5.06. The Hall–Kier alpha value is -3.72. The summed E-state index contributed by atoms with van der Waals surface area (Å²) in [5, 5.41) is 7.66. The zero-order chi connectivity index (χ0) is 23.2. The Bertz CT molecular complexity index is 1370. The van der Waals surface area contributed by atoms with Crippen LogP contribution in [0.25, 0.3) is 10.9 Å². The van der Waals surface area contributed by atoms with E-state index >= 15 is 0 Å². The third-order valence-electron chi connectivity index (χ3n) is 6.72. The largest absolute Gasteiger partial charge is 0.439 e. The SMILES string of the molecule is CCN1Cc2ncnc(Oc3ccc4c(ccn4C(=O)Nc4cc(C5CC5)on4)c3)c2CC1C. The fraction of sp³-hybridized carbons (Fsp3) is 0.360. The normalized spacial score (nSPS) is 18.1. The molecule has 1 aliphatic carbocycles. The average molecular weight is 459 g/mol. The molecule has 1 fully saturated rings. The lowest BCUT2D eigenvalue weighted by atomic mass is 10.00. The number of anilines is 1. The summed E-state index contributed by atoms with van der Waals surface area (Å²) in [6, 6.07) is 9.45. The standard InChI is InChI=1S/C25H26N6O3/c1-3-30-13-20-19(10-15(30)2)24(27-14-26-20)33-18-6-7-21-17(11-18)8-9-31(21)25(32)28-23-12-22(34-29-23)16-4-5-16/h6-9,11-12,14-16H,3-5,10,13H2,1-2H3,(H,28,29,32). The molecule has 4 heterocycles. The molecule has 4 aromatic rings. The first-order valence-corrected chi connectivity index (χ1v) is 11.7. The Morgan fingerprint density at radius 3 is 2.94 bits per heavy atom. The van der Waals surface area contributed by atoms with Crippen LogP contribution < -0.4 is 10.1 Å². The number of nitrogens with zero attached hydrogens (tertiary/aromatic N) is 5. The molecule has 0 bridgehead atoms. The van der Waals surface area contributed by atoms with E-state index in [9.17, 15) is 4.79 Å². The second-order valence-electron chi connectivity index (χ2n) is 9.05. The van der Waals surface area contributed by atoms with Gasteiger partial charge in [0.05, 0.1) is 11.2 Å². The van der Waals surface area contributed by atoms with Crippen LogP contribution in [0.1, 0.15) is 49.6 Å². The smallest absolute Gasteiger partial charge is 0.331 e. The van der Waals surface area contributed by atoms with Crippen LogP contribution in [-0.2, 0) is 13.0 Å². The highest BCUT2D eigenvalue weighted by Gasteiger charge is 2.28. The van der Waals surface area contributed by atoms with E-state index in [-0.39, 0.29) is 6.03 Å². The maximum atomic E-state index is 12.8. The minimum Gasteiger partial charge on any atom is -0.439 e. The van der Waals surface area contributed by atoms with Gasteiger partial charge in [-0.2, -0.15) is 0 Å². The van der Waals surface area contributed by atoms with E-state index in [4.69, 9.17) is 9.26 Å². The Morgan fingerprint density at radius 2 is 2.12 bits per heavy atom. The quantitative estimate of drug-likeness (QED) is 0.452. The summed E-state index contributed by atoms with van der Waals surface area (Å²) in [6.07, 6.45) is 6.38. The van der Waals surface area contributed by atoms with Crippen molar-refractivity contribution in [1.82, 2.24) is 24.6 Å². The second kappa shape index (κ2) is 8.25. The molecule has 174 valence electrons. The third-order valence-corrected chi connectivity index (χ3v) is 6.72. The topological polar surface area (TPSA) is 98.3 Å². The summed E-state index contributed by atoms with van der Waals surface area (Å²) in [5.41, 5.74) is 2.86. The molecule has 0 radical (unpaired) electrons. The molecule has 0 spiro atoms. The summed E-state index contributed by atoms with van der Waals surface area (Å²) < 4.78 is 13.1. The van der Waals surface area contributed by atoms with E-state index in [1.165, 1.54) is 0 Å². The van der Waals surface area contributed by atoms with Crippen molar-refractivity contribution in [2.75, 3.05) is 11.9 Å². The molecule has 9 nitrogen and oxygen atoms in total. The molecule has 9 heteroatoms. The van der Waals surface area contributed by atoms with Gasteiger partial charge in [0, 0.05) is 41.7 Å². The average Bonchev–Trinajstić information content (AvgIpc) is 3.44. The summed E-state index contributed by atoms with van der Waals surface area (Å²) in [4.78, 5) is 24.1. The second-order valence-corrected chi connectivity index (χ2v) is 9.05. The minimum atomic E-state index is -0.293. The zero-order valence-corrected chi connectivity index (χ0v) is 19.2. The van der Waals surface area contributed by atoms with Gasteiger partial charge < -0.3 is 9.26 Å². The molecule has 1 atom stereocenters. The van der Waals surface area contributed by atoms with Crippen LogP contribution in [0.5, 0.6) is 11.6 Å². The fourth-order valence-electron chi connectivity index (χ4n) is 4.61. The van der Waals surface area contributed by atoms with E-state index in [0.717, 1.165) is 60.3 Å². The Balaban J connectivity index is 1.21. The molecule has 3 aromatic heterocycles. The monoisotopic (exact) mass is 458 g/mol. The number of hydrogen-bond acceptors (Lipinski definition) is 7. The number of likely N-dealkylation sites (N-methyl/N-ethyl adjacent to an activating group) is 1. The number of fused-ring (bicyclic) bond motifs is 2. The van der Waals surface area contributed by atoms with E-state index < -0.39 is 0 Å². The van der Waals surface area contributed by atoms with Gasteiger partial charge in [-0.3, -0.25) is 14.8 Å². The van der Waals surface area contributed by atoms with E-state index in [1.54, 1.807) is 23.2 Å². The molecule has 1 aromatic carbocycles. The highest BCUT2D eigenvalue weighted by atomic mass is 16.5. The van der Waals surface area contributed by atoms with Gasteiger partial charge in [0.2, 0.25) is 5.88 Å². The maximum Gasteiger partial charge on any atom is 0.331 e. The molecule has 6 rings (SSSR count). The van der Waals surface area contributed by atoms with Crippen LogP contribution >= 0.6 is 0 Å². The number of aromatic nitrogens is 4. The van der Waals surface area contributed by atoms with Gasteiger partial charge in [-0.15, -0.1) is 0 Å². The van der Waals surface area contributed by atoms with Crippen molar-refractivity contribution in [3.05, 3.63) is 59.9 Å².